The minimum absolute atomic E-state index is 0.0176. The van der Waals surface area contributed by atoms with Crippen LogP contribution in [-0.2, 0) is 4.74 Å². The molecule has 1 aromatic rings. The molecule has 0 aromatic heterocycles. The van der Waals surface area contributed by atoms with Gasteiger partial charge in [0.05, 0.1) is 6.61 Å². The molecular formula is C18H27NO4. The summed E-state index contributed by atoms with van der Waals surface area (Å²) in [6.45, 7) is 9.83. The van der Waals surface area contributed by atoms with E-state index in [0.29, 0.717) is 18.6 Å². The summed E-state index contributed by atoms with van der Waals surface area (Å²) in [6, 6.07) is 6.79. The zero-order chi connectivity index (χ0) is 17.5. The number of Topliss-reactive ketones (excluding diaryl/α,β-unsaturated/α-hetero) is 1. The summed E-state index contributed by atoms with van der Waals surface area (Å²) in [5.74, 6) is 0.721. The lowest BCUT2D eigenvalue weighted by molar-refractivity contribution is 0.0500. The van der Waals surface area contributed by atoms with Crippen molar-refractivity contribution >= 4 is 11.9 Å². The second-order valence-corrected chi connectivity index (χ2v) is 6.34. The average molecular weight is 321 g/mol. The minimum Gasteiger partial charge on any atom is -0.494 e. The molecule has 5 heteroatoms. The summed E-state index contributed by atoms with van der Waals surface area (Å²) in [5.41, 5.74) is 0.0551. The second-order valence-electron chi connectivity index (χ2n) is 6.34. The van der Waals surface area contributed by atoms with Crippen molar-refractivity contribution in [3.8, 4) is 5.75 Å². The molecule has 0 radical (unpaired) electrons. The van der Waals surface area contributed by atoms with Crippen LogP contribution in [0.1, 0.15) is 57.8 Å². The normalized spacial score (nSPS) is 12.4. The van der Waals surface area contributed by atoms with Crippen molar-refractivity contribution in [2.24, 2.45) is 0 Å². The van der Waals surface area contributed by atoms with Gasteiger partial charge in [0.1, 0.15) is 11.4 Å². The van der Waals surface area contributed by atoms with Crippen LogP contribution < -0.4 is 10.1 Å². The Bertz CT molecular complexity index is 517. The van der Waals surface area contributed by atoms with Gasteiger partial charge >= 0.3 is 6.09 Å². The minimum atomic E-state index is -0.554. The summed E-state index contributed by atoms with van der Waals surface area (Å²) in [5, 5.41) is 2.75. The standard InChI is InChI=1S/C18H27NO4/c1-6-14(19-17(21)23-18(3,4)5)12-16(20)13-8-10-15(11-9-13)22-7-2/h8-11,14H,6-7,12H2,1-5H3,(H,19,21). The number of nitrogens with one attached hydrogen (secondary N) is 1. The van der Waals surface area contributed by atoms with Gasteiger partial charge in [-0.05, 0) is 58.4 Å². The highest BCUT2D eigenvalue weighted by molar-refractivity contribution is 5.96. The number of ketones is 1. The first-order valence-electron chi connectivity index (χ1n) is 8.00. The Morgan fingerprint density at radius 3 is 2.22 bits per heavy atom. The first kappa shape index (κ1) is 19.0. The van der Waals surface area contributed by atoms with E-state index >= 15 is 0 Å². The molecule has 1 rings (SSSR count). The van der Waals surface area contributed by atoms with Gasteiger partial charge in [-0.2, -0.15) is 0 Å². The number of benzene rings is 1. The van der Waals surface area contributed by atoms with Gasteiger partial charge in [0.25, 0.3) is 0 Å². The van der Waals surface area contributed by atoms with Crippen LogP contribution in [0.2, 0.25) is 0 Å². The summed E-state index contributed by atoms with van der Waals surface area (Å²) in [7, 11) is 0. The van der Waals surface area contributed by atoms with Crippen LogP contribution in [0.25, 0.3) is 0 Å². The van der Waals surface area contributed by atoms with Crippen LogP contribution in [0.4, 0.5) is 4.79 Å². The zero-order valence-corrected chi connectivity index (χ0v) is 14.6. The molecule has 0 aliphatic heterocycles. The van der Waals surface area contributed by atoms with E-state index < -0.39 is 11.7 Å². The van der Waals surface area contributed by atoms with Gasteiger partial charge < -0.3 is 14.8 Å². The van der Waals surface area contributed by atoms with Crippen LogP contribution in [-0.4, -0.2) is 30.1 Å². The monoisotopic (exact) mass is 321 g/mol. The first-order chi connectivity index (χ1) is 10.7. The summed E-state index contributed by atoms with van der Waals surface area (Å²) < 4.78 is 10.6. The molecule has 0 aliphatic carbocycles. The molecule has 0 saturated carbocycles. The van der Waals surface area contributed by atoms with Crippen LogP contribution in [0.3, 0.4) is 0 Å². The topological polar surface area (TPSA) is 64.6 Å². The fourth-order valence-corrected chi connectivity index (χ4v) is 2.02. The van der Waals surface area contributed by atoms with Crippen molar-refractivity contribution in [3.05, 3.63) is 29.8 Å². The van der Waals surface area contributed by atoms with Gasteiger partial charge in [-0.15, -0.1) is 0 Å². The Hall–Kier alpha value is -2.04. The maximum atomic E-state index is 12.3. The Morgan fingerprint density at radius 2 is 1.74 bits per heavy atom. The molecule has 1 aromatic carbocycles. The third kappa shape index (κ3) is 7.17. The Balaban J connectivity index is 2.60. The highest BCUT2D eigenvalue weighted by Crippen LogP contribution is 2.15. The van der Waals surface area contributed by atoms with Crippen molar-refractivity contribution < 1.29 is 19.1 Å². The lowest BCUT2D eigenvalue weighted by Gasteiger charge is -2.22. The van der Waals surface area contributed by atoms with Crippen molar-refractivity contribution in [2.75, 3.05) is 6.61 Å². The predicted octanol–water partition coefficient (Wildman–Crippen LogP) is 3.96. The SMILES string of the molecule is CCOc1ccc(C(=O)CC(CC)NC(=O)OC(C)(C)C)cc1. The molecule has 1 unspecified atom stereocenters. The van der Waals surface area contributed by atoms with Gasteiger partial charge in [-0.1, -0.05) is 6.92 Å². The highest BCUT2D eigenvalue weighted by Gasteiger charge is 2.20. The van der Waals surface area contributed by atoms with Gasteiger partial charge in [0.15, 0.2) is 5.78 Å². The quantitative estimate of drug-likeness (QED) is 0.772. The highest BCUT2D eigenvalue weighted by atomic mass is 16.6. The number of rotatable bonds is 7. The molecule has 23 heavy (non-hydrogen) atoms. The number of amides is 1. The van der Waals surface area contributed by atoms with Crippen molar-refractivity contribution in [3.63, 3.8) is 0 Å². The van der Waals surface area contributed by atoms with E-state index in [-0.39, 0.29) is 18.2 Å². The molecular weight excluding hydrogens is 294 g/mol. The van der Waals surface area contributed by atoms with Gasteiger partial charge in [0.2, 0.25) is 0 Å². The molecule has 1 N–H and O–H groups in total. The van der Waals surface area contributed by atoms with Gasteiger partial charge in [-0.3, -0.25) is 4.79 Å². The van der Waals surface area contributed by atoms with E-state index in [1.165, 1.54) is 0 Å². The number of carbonyl (C=O) groups excluding carboxylic acids is 2. The molecule has 128 valence electrons. The van der Waals surface area contributed by atoms with E-state index in [0.717, 1.165) is 5.75 Å². The van der Waals surface area contributed by atoms with Crippen LogP contribution in [0, 0.1) is 0 Å². The van der Waals surface area contributed by atoms with Crippen LogP contribution in [0.15, 0.2) is 24.3 Å². The number of ether oxygens (including phenoxy) is 2. The Labute approximate surface area is 138 Å². The van der Waals surface area contributed by atoms with Crippen LogP contribution in [0.5, 0.6) is 5.75 Å². The summed E-state index contributed by atoms with van der Waals surface area (Å²) >= 11 is 0. The Kier molecular flexibility index (Phi) is 7.07. The molecule has 0 fully saturated rings. The van der Waals surface area contributed by atoms with Gasteiger partial charge in [-0.25, -0.2) is 4.79 Å². The number of carbonyl (C=O) groups is 2. The third-order valence-corrected chi connectivity index (χ3v) is 3.13. The zero-order valence-electron chi connectivity index (χ0n) is 14.6. The summed E-state index contributed by atoms with van der Waals surface area (Å²) in [6.07, 6.45) is 0.398. The molecule has 5 nitrogen and oxygen atoms in total. The van der Waals surface area contributed by atoms with E-state index in [2.05, 4.69) is 5.32 Å². The fourth-order valence-electron chi connectivity index (χ4n) is 2.02. The van der Waals surface area contributed by atoms with E-state index in [1.54, 1.807) is 45.0 Å². The molecule has 0 bridgehead atoms. The van der Waals surface area contributed by atoms with Crippen molar-refractivity contribution in [1.29, 1.82) is 0 Å². The summed E-state index contributed by atoms with van der Waals surface area (Å²) in [4.78, 5) is 24.1. The van der Waals surface area contributed by atoms with E-state index in [1.807, 2.05) is 13.8 Å². The Morgan fingerprint density at radius 1 is 1.13 bits per heavy atom. The molecule has 0 spiro atoms. The van der Waals surface area contributed by atoms with Crippen molar-refractivity contribution in [2.45, 2.75) is 59.1 Å². The third-order valence-electron chi connectivity index (χ3n) is 3.13. The number of hydrogen-bond donors (Lipinski definition) is 1. The number of hydrogen-bond acceptors (Lipinski definition) is 4. The lowest BCUT2D eigenvalue weighted by Crippen LogP contribution is -2.39. The largest absolute Gasteiger partial charge is 0.494 e. The van der Waals surface area contributed by atoms with E-state index in [4.69, 9.17) is 9.47 Å². The van der Waals surface area contributed by atoms with Crippen LogP contribution >= 0.6 is 0 Å². The molecule has 0 aliphatic rings. The first-order valence-corrected chi connectivity index (χ1v) is 8.00. The maximum Gasteiger partial charge on any atom is 0.407 e. The van der Waals surface area contributed by atoms with Gasteiger partial charge in [0, 0.05) is 18.0 Å². The second kappa shape index (κ2) is 8.56. The van der Waals surface area contributed by atoms with E-state index in [9.17, 15) is 9.59 Å². The molecule has 0 saturated heterocycles. The maximum absolute atomic E-state index is 12.3. The number of alkyl carbamates (subject to hydrolysis) is 1. The predicted molar refractivity (Wildman–Crippen MR) is 90.0 cm³/mol. The fraction of sp³-hybridized carbons (Fsp3) is 0.556. The smallest absolute Gasteiger partial charge is 0.407 e. The van der Waals surface area contributed by atoms with Crippen molar-refractivity contribution in [1.82, 2.24) is 5.32 Å². The average Bonchev–Trinajstić information content (AvgIpc) is 2.45. The molecule has 1 amide bonds. The molecule has 1 atom stereocenters. The molecule has 0 heterocycles. The lowest BCUT2D eigenvalue weighted by atomic mass is 10.0.